The highest BCUT2D eigenvalue weighted by Gasteiger charge is 2.52. The van der Waals surface area contributed by atoms with Crippen LogP contribution in [0.15, 0.2) is 24.3 Å². The fraction of sp³-hybridized carbons (Fsp3) is 0.625. The van der Waals surface area contributed by atoms with Gasteiger partial charge in [0.1, 0.15) is 11.4 Å². The molecule has 0 unspecified atom stereocenters. The summed E-state index contributed by atoms with van der Waals surface area (Å²) in [7, 11) is 0. The van der Waals surface area contributed by atoms with Crippen LogP contribution in [0.4, 0.5) is 0 Å². The van der Waals surface area contributed by atoms with Gasteiger partial charge in [-0.05, 0) is 62.3 Å². The van der Waals surface area contributed by atoms with Gasteiger partial charge in [-0.1, -0.05) is 18.2 Å². The largest absolute Gasteiger partial charge is 0.487 e. The summed E-state index contributed by atoms with van der Waals surface area (Å²) in [6.45, 7) is 0. The van der Waals surface area contributed by atoms with Crippen molar-refractivity contribution in [2.24, 2.45) is 17.8 Å². The van der Waals surface area contributed by atoms with Gasteiger partial charge in [-0.25, -0.2) is 0 Å². The molecule has 89 valence electrons. The lowest BCUT2D eigenvalue weighted by Gasteiger charge is -2.56. The van der Waals surface area contributed by atoms with Crippen molar-refractivity contribution in [3.05, 3.63) is 30.3 Å². The summed E-state index contributed by atoms with van der Waals surface area (Å²) in [6.07, 6.45) is 8.30. The SMILES string of the molecule is [c]1ccccc1OC12CC3CC(CC(C3)C1)C2. The molecular weight excluding hydrogens is 208 g/mol. The van der Waals surface area contributed by atoms with Gasteiger partial charge < -0.3 is 4.74 Å². The Bertz CT molecular complexity index is 374. The number of rotatable bonds is 2. The molecule has 0 aliphatic heterocycles. The highest BCUT2D eigenvalue weighted by molar-refractivity contribution is 5.21. The zero-order valence-electron chi connectivity index (χ0n) is 10.2. The van der Waals surface area contributed by atoms with Crippen LogP contribution in [0.3, 0.4) is 0 Å². The van der Waals surface area contributed by atoms with Gasteiger partial charge in [-0.3, -0.25) is 0 Å². The first-order valence-electron chi connectivity index (χ1n) is 6.97. The van der Waals surface area contributed by atoms with Gasteiger partial charge in [-0.2, -0.15) is 0 Å². The maximum absolute atomic E-state index is 6.36. The van der Waals surface area contributed by atoms with E-state index in [9.17, 15) is 0 Å². The van der Waals surface area contributed by atoms with E-state index in [4.69, 9.17) is 4.74 Å². The topological polar surface area (TPSA) is 9.23 Å². The molecule has 0 amide bonds. The maximum atomic E-state index is 6.36. The van der Waals surface area contributed by atoms with E-state index < -0.39 is 0 Å². The third-order valence-electron chi connectivity index (χ3n) is 4.99. The Morgan fingerprint density at radius 3 is 2.18 bits per heavy atom. The van der Waals surface area contributed by atoms with Crippen LogP contribution in [0.25, 0.3) is 0 Å². The second kappa shape index (κ2) is 3.51. The number of hydrogen-bond donors (Lipinski definition) is 0. The first-order chi connectivity index (χ1) is 8.31. The number of ether oxygens (including phenoxy) is 1. The zero-order valence-corrected chi connectivity index (χ0v) is 10.2. The molecule has 0 atom stereocenters. The van der Waals surface area contributed by atoms with Gasteiger partial charge in [0.15, 0.2) is 0 Å². The standard InChI is InChI=1S/C16H19O/c1-2-4-15(5-3-1)17-16-9-12-6-13(10-16)8-14(7-12)11-16/h1-4,12-14H,6-11H2. The van der Waals surface area contributed by atoms with E-state index in [0.717, 1.165) is 23.5 Å². The fourth-order valence-corrected chi connectivity index (χ4v) is 4.83. The van der Waals surface area contributed by atoms with Crippen LogP contribution in [0, 0.1) is 23.8 Å². The number of benzene rings is 1. The summed E-state index contributed by atoms with van der Waals surface area (Å²) in [5, 5.41) is 0. The van der Waals surface area contributed by atoms with E-state index >= 15 is 0 Å². The molecule has 1 aromatic carbocycles. The van der Waals surface area contributed by atoms with Crippen molar-refractivity contribution in [1.82, 2.24) is 0 Å². The van der Waals surface area contributed by atoms with Crippen molar-refractivity contribution in [2.45, 2.75) is 44.1 Å². The normalized spacial score (nSPS) is 42.7. The molecule has 5 rings (SSSR count). The van der Waals surface area contributed by atoms with Crippen molar-refractivity contribution in [3.8, 4) is 5.75 Å². The van der Waals surface area contributed by atoms with Gasteiger partial charge in [-0.15, -0.1) is 0 Å². The molecule has 4 saturated carbocycles. The molecule has 0 saturated heterocycles. The lowest BCUT2D eigenvalue weighted by molar-refractivity contribution is -0.107. The van der Waals surface area contributed by atoms with E-state index in [1.165, 1.54) is 38.5 Å². The van der Waals surface area contributed by atoms with Crippen LogP contribution in [-0.2, 0) is 0 Å². The van der Waals surface area contributed by atoms with Crippen molar-refractivity contribution in [3.63, 3.8) is 0 Å². The molecule has 4 aliphatic carbocycles. The van der Waals surface area contributed by atoms with Gasteiger partial charge in [0, 0.05) is 6.07 Å². The Balaban J connectivity index is 1.61. The van der Waals surface area contributed by atoms with E-state index in [0.29, 0.717) is 0 Å². The Labute approximate surface area is 103 Å². The minimum absolute atomic E-state index is 0.173. The summed E-state index contributed by atoms with van der Waals surface area (Å²) in [5.41, 5.74) is 0.173. The summed E-state index contributed by atoms with van der Waals surface area (Å²) in [4.78, 5) is 0. The Morgan fingerprint density at radius 2 is 1.65 bits per heavy atom. The molecule has 4 aliphatic rings. The van der Waals surface area contributed by atoms with Crippen LogP contribution in [0.2, 0.25) is 0 Å². The second-order valence-corrected chi connectivity index (χ2v) is 6.43. The highest BCUT2D eigenvalue weighted by atomic mass is 16.5. The molecular formula is C16H19O. The third-order valence-corrected chi connectivity index (χ3v) is 4.99. The summed E-state index contributed by atoms with van der Waals surface area (Å²) < 4.78 is 6.36. The molecule has 17 heavy (non-hydrogen) atoms. The third kappa shape index (κ3) is 1.67. The molecule has 0 aromatic heterocycles. The second-order valence-electron chi connectivity index (χ2n) is 6.43. The van der Waals surface area contributed by atoms with Crippen LogP contribution in [0.1, 0.15) is 38.5 Å². The van der Waals surface area contributed by atoms with Crippen molar-refractivity contribution in [2.75, 3.05) is 0 Å². The van der Waals surface area contributed by atoms with Crippen LogP contribution in [0.5, 0.6) is 5.75 Å². The maximum Gasteiger partial charge on any atom is 0.128 e. The average Bonchev–Trinajstić information content (AvgIpc) is 2.27. The molecule has 1 aromatic rings. The summed E-state index contributed by atoms with van der Waals surface area (Å²) in [5.74, 6) is 3.80. The zero-order chi connectivity index (χ0) is 11.3. The molecule has 1 radical (unpaired) electrons. The van der Waals surface area contributed by atoms with Crippen molar-refractivity contribution >= 4 is 0 Å². The van der Waals surface area contributed by atoms with Gasteiger partial charge >= 0.3 is 0 Å². The van der Waals surface area contributed by atoms with Gasteiger partial charge in [0.05, 0.1) is 0 Å². The quantitative estimate of drug-likeness (QED) is 0.746. The fourth-order valence-electron chi connectivity index (χ4n) is 4.83. The minimum Gasteiger partial charge on any atom is -0.487 e. The average molecular weight is 227 g/mol. The lowest BCUT2D eigenvalue weighted by atomic mass is 9.54. The van der Waals surface area contributed by atoms with E-state index in [-0.39, 0.29) is 5.60 Å². The molecule has 1 heteroatoms. The Hall–Kier alpha value is -0.980. The summed E-state index contributed by atoms with van der Waals surface area (Å²) >= 11 is 0. The predicted molar refractivity (Wildman–Crippen MR) is 66.8 cm³/mol. The first kappa shape index (κ1) is 9.99. The smallest absolute Gasteiger partial charge is 0.128 e. The number of para-hydroxylation sites is 1. The molecule has 1 nitrogen and oxygen atoms in total. The van der Waals surface area contributed by atoms with Crippen LogP contribution in [-0.4, -0.2) is 5.60 Å². The van der Waals surface area contributed by atoms with Crippen molar-refractivity contribution < 1.29 is 4.74 Å². The molecule has 0 spiro atoms. The van der Waals surface area contributed by atoms with E-state index in [1.807, 2.05) is 18.2 Å². The van der Waals surface area contributed by atoms with Gasteiger partial charge in [0.2, 0.25) is 0 Å². The van der Waals surface area contributed by atoms with Crippen LogP contribution >= 0.6 is 0 Å². The summed E-state index contributed by atoms with van der Waals surface area (Å²) in [6, 6.07) is 11.3. The monoisotopic (exact) mass is 227 g/mol. The molecule has 4 bridgehead atoms. The Morgan fingerprint density at radius 1 is 1.00 bits per heavy atom. The molecule has 0 N–H and O–H groups in total. The van der Waals surface area contributed by atoms with Crippen LogP contribution < -0.4 is 4.74 Å². The Kier molecular flexibility index (Phi) is 2.06. The first-order valence-corrected chi connectivity index (χ1v) is 6.97. The molecule has 0 heterocycles. The minimum atomic E-state index is 0.173. The predicted octanol–water partition coefficient (Wildman–Crippen LogP) is 3.83. The van der Waals surface area contributed by atoms with E-state index in [1.54, 1.807) is 0 Å². The number of hydrogen-bond acceptors (Lipinski definition) is 1. The van der Waals surface area contributed by atoms with E-state index in [2.05, 4.69) is 12.1 Å². The lowest BCUT2D eigenvalue weighted by Crippen LogP contribution is -2.53. The van der Waals surface area contributed by atoms with Gasteiger partial charge in [0.25, 0.3) is 0 Å². The highest BCUT2D eigenvalue weighted by Crippen LogP contribution is 2.56. The van der Waals surface area contributed by atoms with Crippen molar-refractivity contribution in [1.29, 1.82) is 0 Å². The molecule has 4 fully saturated rings.